The van der Waals surface area contributed by atoms with Gasteiger partial charge in [0.2, 0.25) is 0 Å². The molecule has 1 atom stereocenters. The summed E-state index contributed by atoms with van der Waals surface area (Å²) in [5, 5.41) is 3.99. The first kappa shape index (κ1) is 20.0. The minimum absolute atomic E-state index is 0. The molecule has 24 heavy (non-hydrogen) atoms. The molecule has 3 rings (SSSR count). The van der Waals surface area contributed by atoms with Crippen LogP contribution in [0.15, 0.2) is 65.5 Å². The number of hydrogen-bond donors (Lipinski definition) is 3. The van der Waals surface area contributed by atoms with Crippen molar-refractivity contribution in [1.82, 2.24) is 4.98 Å². The number of rotatable bonds is 5. The van der Waals surface area contributed by atoms with E-state index in [0.29, 0.717) is 18.5 Å². The van der Waals surface area contributed by atoms with Gasteiger partial charge in [-0.25, -0.2) is 0 Å². The normalized spacial score (nSPS) is 11.2. The average molecular weight is 366 g/mol. The fourth-order valence-corrected chi connectivity index (χ4v) is 2.59. The first-order chi connectivity index (χ1) is 10.8. The predicted molar refractivity (Wildman–Crippen MR) is 106 cm³/mol. The number of hydrogen-bond acceptors (Lipinski definition) is 3. The zero-order valence-corrected chi connectivity index (χ0v) is 14.7. The van der Waals surface area contributed by atoms with Gasteiger partial charge in [0, 0.05) is 30.5 Å². The van der Waals surface area contributed by atoms with Crippen molar-refractivity contribution in [3.63, 3.8) is 0 Å². The standard InChI is InChI=1S/C18H19N3O.2ClH/c19-11-14(13-6-2-1-3-7-13)12-20-18-10-17(22)15-8-4-5-9-16(15)21-18;;/h1-10,14H,11-12,19H2,(H2,20,21,22);2*1H. The Balaban J connectivity index is 0.00000144. The van der Waals surface area contributed by atoms with Gasteiger partial charge in [0.15, 0.2) is 5.43 Å². The molecule has 0 radical (unpaired) electrons. The first-order valence-corrected chi connectivity index (χ1v) is 7.39. The molecule has 4 nitrogen and oxygen atoms in total. The number of nitrogens with one attached hydrogen (secondary N) is 2. The number of fused-ring (bicyclic) bond motifs is 1. The number of anilines is 1. The second-order valence-corrected chi connectivity index (χ2v) is 5.32. The zero-order chi connectivity index (χ0) is 15.4. The molecule has 6 heteroatoms. The van der Waals surface area contributed by atoms with Crippen molar-refractivity contribution < 1.29 is 0 Å². The predicted octanol–water partition coefficient (Wildman–Crippen LogP) is 3.53. The molecule has 1 unspecified atom stereocenters. The Morgan fingerprint density at radius 3 is 2.38 bits per heavy atom. The van der Waals surface area contributed by atoms with Crippen LogP contribution in [0.25, 0.3) is 10.9 Å². The van der Waals surface area contributed by atoms with E-state index in [1.165, 1.54) is 5.56 Å². The van der Waals surface area contributed by atoms with Gasteiger partial charge in [-0.15, -0.1) is 24.8 Å². The summed E-state index contributed by atoms with van der Waals surface area (Å²) in [4.78, 5) is 15.3. The van der Waals surface area contributed by atoms with E-state index in [1.54, 1.807) is 6.07 Å². The Bertz CT molecular complexity index is 821. The smallest absolute Gasteiger partial charge is 0.191 e. The highest BCUT2D eigenvalue weighted by molar-refractivity contribution is 5.85. The Morgan fingerprint density at radius 1 is 1.00 bits per heavy atom. The average Bonchev–Trinajstić information content (AvgIpc) is 2.56. The summed E-state index contributed by atoms with van der Waals surface area (Å²) in [5.41, 5.74) is 7.92. The summed E-state index contributed by atoms with van der Waals surface area (Å²) in [6.45, 7) is 1.23. The maximum Gasteiger partial charge on any atom is 0.191 e. The van der Waals surface area contributed by atoms with Crippen molar-refractivity contribution in [1.29, 1.82) is 0 Å². The van der Waals surface area contributed by atoms with Gasteiger partial charge in [0.25, 0.3) is 0 Å². The molecule has 128 valence electrons. The number of halogens is 2. The number of benzene rings is 2. The second kappa shape index (κ2) is 9.33. The number of aromatic nitrogens is 1. The topological polar surface area (TPSA) is 70.9 Å². The lowest BCUT2D eigenvalue weighted by Gasteiger charge is -2.17. The van der Waals surface area contributed by atoms with Crippen LogP contribution in [0, 0.1) is 0 Å². The molecule has 1 heterocycles. The number of nitrogens with two attached hydrogens (primary N) is 1. The molecule has 1 aromatic heterocycles. The zero-order valence-electron chi connectivity index (χ0n) is 13.1. The molecule has 2 aromatic carbocycles. The van der Waals surface area contributed by atoms with E-state index in [-0.39, 0.29) is 36.2 Å². The van der Waals surface area contributed by atoms with Crippen LogP contribution in [0.2, 0.25) is 0 Å². The number of H-pyrrole nitrogens is 1. The summed E-state index contributed by atoms with van der Waals surface area (Å²) in [6.07, 6.45) is 0. The van der Waals surface area contributed by atoms with E-state index in [1.807, 2.05) is 42.5 Å². The highest BCUT2D eigenvalue weighted by Gasteiger charge is 2.09. The van der Waals surface area contributed by atoms with Crippen molar-refractivity contribution in [2.75, 3.05) is 18.4 Å². The number of pyridine rings is 1. The van der Waals surface area contributed by atoms with Gasteiger partial charge in [-0.3, -0.25) is 4.79 Å². The molecule has 0 saturated heterocycles. The van der Waals surface area contributed by atoms with Crippen LogP contribution in [0.1, 0.15) is 11.5 Å². The molecular weight excluding hydrogens is 345 g/mol. The lowest BCUT2D eigenvalue weighted by Crippen LogP contribution is -2.21. The van der Waals surface area contributed by atoms with Gasteiger partial charge >= 0.3 is 0 Å². The fraction of sp³-hybridized carbons (Fsp3) is 0.167. The van der Waals surface area contributed by atoms with Crippen LogP contribution in [0.3, 0.4) is 0 Å². The third kappa shape index (κ3) is 4.51. The monoisotopic (exact) mass is 365 g/mol. The van der Waals surface area contributed by atoms with Crippen LogP contribution in [0.4, 0.5) is 5.82 Å². The van der Waals surface area contributed by atoms with E-state index in [9.17, 15) is 4.79 Å². The molecule has 0 aliphatic rings. The van der Waals surface area contributed by atoms with Gasteiger partial charge in [-0.05, 0) is 17.7 Å². The van der Waals surface area contributed by atoms with Gasteiger partial charge < -0.3 is 16.0 Å². The molecule has 0 saturated carbocycles. The third-order valence-corrected chi connectivity index (χ3v) is 3.83. The molecule has 0 bridgehead atoms. The largest absolute Gasteiger partial charge is 0.371 e. The van der Waals surface area contributed by atoms with Crippen LogP contribution in [-0.2, 0) is 0 Å². The van der Waals surface area contributed by atoms with E-state index in [0.717, 1.165) is 11.3 Å². The maximum absolute atomic E-state index is 12.1. The van der Waals surface area contributed by atoms with Crippen LogP contribution in [-0.4, -0.2) is 18.1 Å². The molecule has 0 aliphatic heterocycles. The SMILES string of the molecule is Cl.Cl.NCC(CNc1cc(=O)c2ccccc2[nH]1)c1ccccc1. The number of aromatic amines is 1. The molecule has 0 fully saturated rings. The number of para-hydroxylation sites is 1. The van der Waals surface area contributed by atoms with Crippen LogP contribution < -0.4 is 16.5 Å². The summed E-state index contributed by atoms with van der Waals surface area (Å²) in [7, 11) is 0. The Morgan fingerprint density at radius 2 is 1.67 bits per heavy atom. The lowest BCUT2D eigenvalue weighted by molar-refractivity contribution is 0.729. The van der Waals surface area contributed by atoms with Crippen molar-refractivity contribution in [2.24, 2.45) is 5.73 Å². The quantitative estimate of drug-likeness (QED) is 0.647. The third-order valence-electron chi connectivity index (χ3n) is 3.83. The van der Waals surface area contributed by atoms with Crippen molar-refractivity contribution in [3.05, 3.63) is 76.5 Å². The van der Waals surface area contributed by atoms with Gasteiger partial charge in [-0.1, -0.05) is 42.5 Å². The highest BCUT2D eigenvalue weighted by Crippen LogP contribution is 2.16. The molecule has 0 amide bonds. The Labute approximate surface area is 153 Å². The Hall–Kier alpha value is -2.01. The minimum atomic E-state index is 0. The molecule has 0 aliphatic carbocycles. The summed E-state index contributed by atoms with van der Waals surface area (Å²) in [5.74, 6) is 0.925. The molecule has 3 aromatic rings. The molecule has 0 spiro atoms. The second-order valence-electron chi connectivity index (χ2n) is 5.32. The fourth-order valence-electron chi connectivity index (χ4n) is 2.59. The lowest BCUT2D eigenvalue weighted by atomic mass is 9.99. The highest BCUT2D eigenvalue weighted by atomic mass is 35.5. The van der Waals surface area contributed by atoms with Gasteiger partial charge in [-0.2, -0.15) is 0 Å². The van der Waals surface area contributed by atoms with Gasteiger partial charge in [0.05, 0.1) is 5.52 Å². The minimum Gasteiger partial charge on any atom is -0.371 e. The van der Waals surface area contributed by atoms with Crippen molar-refractivity contribution >= 4 is 41.5 Å². The van der Waals surface area contributed by atoms with Crippen molar-refractivity contribution in [3.8, 4) is 0 Å². The Kier molecular flexibility index (Phi) is 7.79. The first-order valence-electron chi connectivity index (χ1n) is 7.39. The van der Waals surface area contributed by atoms with Gasteiger partial charge in [0.1, 0.15) is 5.82 Å². The van der Waals surface area contributed by atoms with E-state index >= 15 is 0 Å². The maximum atomic E-state index is 12.1. The van der Waals surface area contributed by atoms with Crippen molar-refractivity contribution in [2.45, 2.75) is 5.92 Å². The molecule has 4 N–H and O–H groups in total. The van der Waals surface area contributed by atoms with Crippen LogP contribution in [0.5, 0.6) is 0 Å². The summed E-state index contributed by atoms with van der Waals surface area (Å²) < 4.78 is 0. The summed E-state index contributed by atoms with van der Waals surface area (Å²) in [6, 6.07) is 19.3. The molecular formula is C18H21Cl2N3O. The van der Waals surface area contributed by atoms with E-state index < -0.39 is 0 Å². The van der Waals surface area contributed by atoms with E-state index in [4.69, 9.17) is 5.73 Å². The summed E-state index contributed by atoms with van der Waals surface area (Å²) >= 11 is 0. The van der Waals surface area contributed by atoms with E-state index in [2.05, 4.69) is 22.4 Å². The van der Waals surface area contributed by atoms with Crippen LogP contribution >= 0.6 is 24.8 Å².